The molecular weight excluding hydrogens is 489 g/mol. The SMILES string of the molecule is CN(CS(N)(=O)=O)[C@@H](c1cn(CC(C)(C)C)c2cc(-c3ccccc3C(F)(F)F)ccc12)C(F)F. The van der Waals surface area contributed by atoms with Crippen LogP contribution < -0.4 is 5.14 Å². The van der Waals surface area contributed by atoms with Crippen LogP contribution in [0.5, 0.6) is 0 Å². The van der Waals surface area contributed by atoms with Crippen molar-refractivity contribution >= 4 is 20.9 Å². The molecule has 192 valence electrons. The summed E-state index contributed by atoms with van der Waals surface area (Å²) in [6, 6.07) is 8.09. The molecule has 0 aliphatic heterocycles. The van der Waals surface area contributed by atoms with Gasteiger partial charge in [-0.3, -0.25) is 4.90 Å². The number of halogens is 5. The lowest BCUT2D eigenvalue weighted by atomic mass is 9.96. The lowest BCUT2D eigenvalue weighted by Crippen LogP contribution is -2.36. The summed E-state index contributed by atoms with van der Waals surface area (Å²) in [6.45, 7) is 6.22. The Labute approximate surface area is 201 Å². The number of nitrogens with zero attached hydrogens (tertiary/aromatic N) is 2. The van der Waals surface area contributed by atoms with E-state index in [9.17, 15) is 30.4 Å². The summed E-state index contributed by atoms with van der Waals surface area (Å²) in [5.74, 6) is -0.787. The van der Waals surface area contributed by atoms with Crippen molar-refractivity contribution in [3.8, 4) is 11.1 Å². The largest absolute Gasteiger partial charge is 0.417 e. The molecule has 0 saturated carbocycles. The molecule has 0 radical (unpaired) electrons. The molecule has 0 aliphatic rings. The summed E-state index contributed by atoms with van der Waals surface area (Å²) in [7, 11) is -2.83. The molecule has 3 aromatic rings. The topological polar surface area (TPSA) is 68.3 Å². The van der Waals surface area contributed by atoms with E-state index in [0.717, 1.165) is 11.0 Å². The predicted octanol–water partition coefficient (Wildman–Crippen LogP) is 5.86. The first kappa shape index (κ1) is 27.1. The van der Waals surface area contributed by atoms with Crippen molar-refractivity contribution in [1.82, 2.24) is 9.47 Å². The van der Waals surface area contributed by atoms with Gasteiger partial charge in [-0.15, -0.1) is 0 Å². The molecule has 0 fully saturated rings. The second-order valence-electron chi connectivity index (χ2n) is 9.88. The molecule has 11 heteroatoms. The average molecular weight is 518 g/mol. The summed E-state index contributed by atoms with van der Waals surface area (Å²) in [5.41, 5.74) is -0.178. The van der Waals surface area contributed by atoms with Crippen LogP contribution in [0.2, 0.25) is 0 Å². The standard InChI is InChI=1S/C24H28F5N3O2S/c1-23(2,3)13-32-12-18(21(22(25)26)31(4)14-35(30,33)34)17-10-9-15(11-20(17)32)16-7-5-6-8-19(16)24(27,28)29/h5-12,21-22H,13-14H2,1-4H3,(H2,30,33,34)/t21-/m0/s1. The first-order valence-corrected chi connectivity index (χ1v) is 12.5. The van der Waals surface area contributed by atoms with Crippen molar-refractivity contribution in [2.45, 2.75) is 46.0 Å². The number of nitrogens with two attached hydrogens (primary N) is 1. The summed E-state index contributed by atoms with van der Waals surface area (Å²) in [4.78, 5) is 0.961. The van der Waals surface area contributed by atoms with E-state index < -0.39 is 40.1 Å². The van der Waals surface area contributed by atoms with Gasteiger partial charge in [0.1, 0.15) is 5.88 Å². The van der Waals surface area contributed by atoms with Gasteiger partial charge in [-0.2, -0.15) is 13.2 Å². The van der Waals surface area contributed by atoms with Crippen molar-refractivity contribution in [1.29, 1.82) is 0 Å². The zero-order valence-electron chi connectivity index (χ0n) is 19.8. The summed E-state index contributed by atoms with van der Waals surface area (Å²) in [5, 5.41) is 5.47. The average Bonchev–Trinajstić information content (AvgIpc) is 3.01. The minimum atomic E-state index is -4.57. The summed E-state index contributed by atoms with van der Waals surface area (Å²) in [6.07, 6.45) is -5.99. The van der Waals surface area contributed by atoms with E-state index in [-0.39, 0.29) is 22.1 Å². The molecule has 1 heterocycles. The Hall–Kier alpha value is -2.50. The molecule has 5 nitrogen and oxygen atoms in total. The fraction of sp³-hybridized carbons (Fsp3) is 0.417. The summed E-state index contributed by atoms with van der Waals surface area (Å²) < 4.78 is 94.1. The van der Waals surface area contributed by atoms with Gasteiger partial charge in [-0.25, -0.2) is 22.3 Å². The fourth-order valence-electron chi connectivity index (χ4n) is 4.28. The molecule has 1 aromatic heterocycles. The predicted molar refractivity (Wildman–Crippen MR) is 126 cm³/mol. The number of hydrogen-bond acceptors (Lipinski definition) is 3. The van der Waals surface area contributed by atoms with E-state index in [2.05, 4.69) is 0 Å². The number of sulfonamides is 1. The number of alkyl halides is 5. The van der Waals surface area contributed by atoms with Crippen LogP contribution in [-0.4, -0.2) is 37.2 Å². The second kappa shape index (κ2) is 9.51. The van der Waals surface area contributed by atoms with Gasteiger partial charge < -0.3 is 4.57 Å². The van der Waals surface area contributed by atoms with Crippen LogP contribution >= 0.6 is 0 Å². The first-order chi connectivity index (χ1) is 16.0. The van der Waals surface area contributed by atoms with Gasteiger partial charge >= 0.3 is 6.18 Å². The zero-order valence-corrected chi connectivity index (χ0v) is 20.6. The lowest BCUT2D eigenvalue weighted by Gasteiger charge is -2.26. The normalized spacial score (nSPS) is 14.3. The Kier molecular flexibility index (Phi) is 7.36. The molecule has 0 unspecified atom stereocenters. The third-order valence-electron chi connectivity index (χ3n) is 5.52. The Morgan fingerprint density at radius 2 is 1.69 bits per heavy atom. The Bertz CT molecular complexity index is 1310. The van der Waals surface area contributed by atoms with Gasteiger partial charge in [-0.05, 0) is 35.7 Å². The number of primary sulfonamides is 1. The van der Waals surface area contributed by atoms with E-state index >= 15 is 0 Å². The third kappa shape index (κ3) is 6.39. The number of aromatic nitrogens is 1. The smallest absolute Gasteiger partial charge is 0.347 e. The number of benzene rings is 2. The highest BCUT2D eigenvalue weighted by Gasteiger charge is 2.34. The van der Waals surface area contributed by atoms with Gasteiger partial charge in [0.2, 0.25) is 10.0 Å². The van der Waals surface area contributed by atoms with Crippen LogP contribution in [0.15, 0.2) is 48.7 Å². The Morgan fingerprint density at radius 3 is 2.23 bits per heavy atom. The van der Waals surface area contributed by atoms with Crippen molar-refractivity contribution in [2.75, 3.05) is 12.9 Å². The Balaban J connectivity index is 2.25. The summed E-state index contributed by atoms with van der Waals surface area (Å²) >= 11 is 0. The van der Waals surface area contributed by atoms with Crippen molar-refractivity contribution < 1.29 is 30.4 Å². The number of rotatable bonds is 7. The molecule has 0 bridgehead atoms. The minimum absolute atomic E-state index is 0.0243. The molecule has 0 spiro atoms. The maximum atomic E-state index is 14.2. The maximum Gasteiger partial charge on any atom is 0.417 e. The molecule has 2 aromatic carbocycles. The highest BCUT2D eigenvalue weighted by atomic mass is 32.2. The van der Waals surface area contributed by atoms with E-state index in [4.69, 9.17) is 5.14 Å². The van der Waals surface area contributed by atoms with Crippen LogP contribution in [0.4, 0.5) is 22.0 Å². The van der Waals surface area contributed by atoms with Crippen LogP contribution in [0, 0.1) is 5.41 Å². The van der Waals surface area contributed by atoms with Crippen molar-refractivity contribution in [2.24, 2.45) is 10.6 Å². The number of fused-ring (bicyclic) bond motifs is 1. The van der Waals surface area contributed by atoms with Gasteiger partial charge in [0, 0.05) is 29.2 Å². The zero-order chi connectivity index (χ0) is 26.3. The number of hydrogen-bond donors (Lipinski definition) is 1. The molecule has 2 N–H and O–H groups in total. The van der Waals surface area contributed by atoms with Crippen molar-refractivity contribution in [3.63, 3.8) is 0 Å². The van der Waals surface area contributed by atoms with E-state index in [1.54, 1.807) is 10.6 Å². The monoisotopic (exact) mass is 517 g/mol. The molecule has 0 aliphatic carbocycles. The van der Waals surface area contributed by atoms with Crippen LogP contribution in [0.1, 0.15) is 37.9 Å². The minimum Gasteiger partial charge on any atom is -0.347 e. The van der Waals surface area contributed by atoms with E-state index in [0.29, 0.717) is 17.4 Å². The highest BCUT2D eigenvalue weighted by molar-refractivity contribution is 7.89. The third-order valence-corrected chi connectivity index (χ3v) is 6.28. The maximum absolute atomic E-state index is 14.2. The second-order valence-corrected chi connectivity index (χ2v) is 11.5. The van der Waals surface area contributed by atoms with Gasteiger partial charge in [0.05, 0.1) is 11.6 Å². The van der Waals surface area contributed by atoms with E-state index in [1.165, 1.54) is 43.6 Å². The Morgan fingerprint density at radius 1 is 1.06 bits per heavy atom. The lowest BCUT2D eigenvalue weighted by molar-refractivity contribution is -0.137. The van der Waals surface area contributed by atoms with Crippen LogP contribution in [0.3, 0.4) is 0 Å². The molecular formula is C24H28F5N3O2S. The highest BCUT2D eigenvalue weighted by Crippen LogP contribution is 2.40. The van der Waals surface area contributed by atoms with Gasteiger partial charge in [-0.1, -0.05) is 51.1 Å². The van der Waals surface area contributed by atoms with Gasteiger partial charge in [0.25, 0.3) is 6.43 Å². The fourth-order valence-corrected chi connectivity index (χ4v) is 5.01. The molecule has 1 atom stereocenters. The molecule has 35 heavy (non-hydrogen) atoms. The first-order valence-electron chi connectivity index (χ1n) is 10.8. The quantitative estimate of drug-likeness (QED) is 0.400. The van der Waals surface area contributed by atoms with Crippen molar-refractivity contribution in [3.05, 3.63) is 59.8 Å². The van der Waals surface area contributed by atoms with Crippen LogP contribution in [-0.2, 0) is 22.7 Å². The molecule has 0 amide bonds. The van der Waals surface area contributed by atoms with E-state index in [1.807, 2.05) is 20.8 Å². The molecule has 0 saturated heterocycles. The van der Waals surface area contributed by atoms with Crippen LogP contribution in [0.25, 0.3) is 22.0 Å². The van der Waals surface area contributed by atoms with Gasteiger partial charge in [0.15, 0.2) is 0 Å². The molecule has 3 rings (SSSR count).